The van der Waals surface area contributed by atoms with E-state index < -0.39 is 17.3 Å². The Bertz CT molecular complexity index is 802. The van der Waals surface area contributed by atoms with E-state index >= 15 is 0 Å². The van der Waals surface area contributed by atoms with E-state index in [9.17, 15) is 19.6 Å². The lowest BCUT2D eigenvalue weighted by Crippen LogP contribution is -2.49. The van der Waals surface area contributed by atoms with Gasteiger partial charge in [0.15, 0.2) is 5.56 Å². The molecule has 2 atom stereocenters. The first-order valence-corrected chi connectivity index (χ1v) is 8.06. The lowest BCUT2D eigenvalue weighted by atomic mass is 10.0. The summed E-state index contributed by atoms with van der Waals surface area (Å²) in [4.78, 5) is 38.6. The molecular weight excluding hydrogens is 310 g/mol. The Kier molecular flexibility index (Phi) is 5.12. The molecule has 24 heavy (non-hydrogen) atoms. The molecular formula is C16H23N5O3. The lowest BCUT2D eigenvalue weighted by molar-refractivity contribution is -0.134. The first-order valence-electron chi connectivity index (χ1n) is 8.06. The molecule has 2 unspecified atom stereocenters. The Balaban J connectivity index is 2.34. The van der Waals surface area contributed by atoms with Gasteiger partial charge in [0.1, 0.15) is 17.9 Å². The minimum atomic E-state index is -0.672. The van der Waals surface area contributed by atoms with E-state index in [4.69, 9.17) is 0 Å². The number of rotatable bonds is 3. The number of likely N-dealkylation sites (tertiary alicyclic amines) is 1. The van der Waals surface area contributed by atoms with Crippen LogP contribution in [0, 0.1) is 11.3 Å². The molecule has 2 heterocycles. The molecule has 1 saturated heterocycles. The molecule has 0 spiro atoms. The molecule has 1 aliphatic heterocycles. The summed E-state index contributed by atoms with van der Waals surface area (Å²) >= 11 is 0. The predicted molar refractivity (Wildman–Crippen MR) is 89.7 cm³/mol. The van der Waals surface area contributed by atoms with E-state index in [0.29, 0.717) is 6.54 Å². The number of aromatic nitrogens is 2. The molecule has 0 radical (unpaired) electrons. The molecule has 0 saturated carbocycles. The van der Waals surface area contributed by atoms with Gasteiger partial charge in [-0.05, 0) is 33.1 Å². The zero-order valence-electron chi connectivity index (χ0n) is 14.5. The fourth-order valence-electron chi connectivity index (χ4n) is 3.06. The van der Waals surface area contributed by atoms with Gasteiger partial charge in [-0.3, -0.25) is 18.7 Å². The normalized spacial score (nSPS) is 18.8. The van der Waals surface area contributed by atoms with Crippen LogP contribution >= 0.6 is 0 Å². The molecule has 8 nitrogen and oxygen atoms in total. The Labute approximate surface area is 140 Å². The van der Waals surface area contributed by atoms with Crippen LogP contribution in [0.15, 0.2) is 9.59 Å². The van der Waals surface area contributed by atoms with Gasteiger partial charge < -0.3 is 10.2 Å². The third kappa shape index (κ3) is 3.07. The molecule has 1 fully saturated rings. The van der Waals surface area contributed by atoms with Gasteiger partial charge >= 0.3 is 5.69 Å². The minimum Gasteiger partial charge on any atom is -0.359 e. The summed E-state index contributed by atoms with van der Waals surface area (Å²) < 4.78 is 2.06. The molecule has 1 amide bonds. The zero-order valence-corrected chi connectivity index (χ0v) is 14.5. The monoisotopic (exact) mass is 333 g/mol. The van der Waals surface area contributed by atoms with Crippen LogP contribution in [0.5, 0.6) is 0 Å². The quantitative estimate of drug-likeness (QED) is 0.849. The van der Waals surface area contributed by atoms with Crippen LogP contribution in [-0.4, -0.2) is 38.6 Å². The molecule has 0 bridgehead atoms. The number of hydrogen-bond donors (Lipinski definition) is 1. The second-order valence-electron chi connectivity index (χ2n) is 6.28. The minimum absolute atomic E-state index is 0.0797. The van der Waals surface area contributed by atoms with E-state index in [1.54, 1.807) is 6.92 Å². The fourth-order valence-corrected chi connectivity index (χ4v) is 3.06. The van der Waals surface area contributed by atoms with Crippen molar-refractivity contribution in [2.45, 2.75) is 45.2 Å². The molecule has 1 aliphatic rings. The first kappa shape index (κ1) is 17.8. The molecule has 0 aromatic carbocycles. The summed E-state index contributed by atoms with van der Waals surface area (Å²) in [5.41, 5.74) is -1.40. The summed E-state index contributed by atoms with van der Waals surface area (Å²) in [5, 5.41) is 12.2. The van der Waals surface area contributed by atoms with E-state index in [1.807, 2.05) is 17.9 Å². The SMILES string of the molecule is CC(Nc1c(C#N)c(=O)n(C)c(=O)n1C)C(=O)N1CCCCC1C. The van der Waals surface area contributed by atoms with Crippen LogP contribution in [0.4, 0.5) is 5.82 Å². The summed E-state index contributed by atoms with van der Waals surface area (Å²) in [6.45, 7) is 4.39. The van der Waals surface area contributed by atoms with Gasteiger partial charge in [0, 0.05) is 26.7 Å². The average Bonchev–Trinajstić information content (AvgIpc) is 2.57. The number of nitrogens with zero attached hydrogens (tertiary/aromatic N) is 4. The van der Waals surface area contributed by atoms with Crippen LogP contribution in [0.3, 0.4) is 0 Å². The van der Waals surface area contributed by atoms with Crippen molar-refractivity contribution in [2.75, 3.05) is 11.9 Å². The average molecular weight is 333 g/mol. The van der Waals surface area contributed by atoms with Crippen molar-refractivity contribution in [2.24, 2.45) is 14.1 Å². The zero-order chi connectivity index (χ0) is 18.0. The molecule has 0 aliphatic carbocycles. The van der Waals surface area contributed by atoms with Gasteiger partial charge in [-0.1, -0.05) is 0 Å². The van der Waals surface area contributed by atoms with Gasteiger partial charge in [0.25, 0.3) is 5.56 Å². The van der Waals surface area contributed by atoms with Crippen molar-refractivity contribution in [1.82, 2.24) is 14.0 Å². The van der Waals surface area contributed by atoms with Crippen LogP contribution in [-0.2, 0) is 18.9 Å². The molecule has 2 rings (SSSR count). The van der Waals surface area contributed by atoms with Crippen molar-refractivity contribution >= 4 is 11.7 Å². The smallest absolute Gasteiger partial charge is 0.332 e. The number of hydrogen-bond acceptors (Lipinski definition) is 5. The predicted octanol–water partition coefficient (Wildman–Crippen LogP) is 0.157. The summed E-state index contributed by atoms with van der Waals surface area (Å²) in [6.07, 6.45) is 3.04. The van der Waals surface area contributed by atoms with Crippen molar-refractivity contribution in [3.63, 3.8) is 0 Å². The van der Waals surface area contributed by atoms with Crippen LogP contribution in [0.25, 0.3) is 0 Å². The van der Waals surface area contributed by atoms with Gasteiger partial charge in [-0.25, -0.2) is 4.79 Å². The molecule has 8 heteroatoms. The highest BCUT2D eigenvalue weighted by Crippen LogP contribution is 2.18. The maximum atomic E-state index is 12.7. The highest BCUT2D eigenvalue weighted by atomic mass is 16.2. The summed E-state index contributed by atoms with van der Waals surface area (Å²) in [5.74, 6) is -0.0182. The topological polar surface area (TPSA) is 100 Å². The third-order valence-electron chi connectivity index (χ3n) is 4.59. The number of amides is 1. The summed E-state index contributed by atoms with van der Waals surface area (Å²) in [6, 6.07) is 1.35. The lowest BCUT2D eigenvalue weighted by Gasteiger charge is -2.35. The first-order chi connectivity index (χ1) is 11.3. The maximum Gasteiger partial charge on any atom is 0.332 e. The molecule has 1 N–H and O–H groups in total. The van der Waals surface area contributed by atoms with Gasteiger partial charge in [0.2, 0.25) is 5.91 Å². The second-order valence-corrected chi connectivity index (χ2v) is 6.28. The molecule has 1 aromatic heterocycles. The number of carbonyl (C=O) groups is 1. The van der Waals surface area contributed by atoms with E-state index in [2.05, 4.69) is 5.32 Å². The van der Waals surface area contributed by atoms with Crippen molar-refractivity contribution in [3.05, 3.63) is 26.4 Å². The second kappa shape index (κ2) is 6.91. The number of carbonyl (C=O) groups excluding carboxylic acids is 1. The number of piperidine rings is 1. The maximum absolute atomic E-state index is 12.7. The van der Waals surface area contributed by atoms with E-state index in [1.165, 1.54) is 18.7 Å². The summed E-state index contributed by atoms with van der Waals surface area (Å²) in [7, 11) is 2.78. The standard InChI is InChI=1S/C16H23N5O3/c1-10-7-5-6-8-21(10)14(22)11(2)18-13-12(9-17)15(23)20(4)16(24)19(13)3/h10-11,18H,5-8H2,1-4H3. The Morgan fingerprint density at radius 2 is 1.96 bits per heavy atom. The van der Waals surface area contributed by atoms with Crippen LogP contribution in [0.1, 0.15) is 38.7 Å². The Hall–Kier alpha value is -2.56. The number of anilines is 1. The van der Waals surface area contributed by atoms with Crippen molar-refractivity contribution in [3.8, 4) is 6.07 Å². The van der Waals surface area contributed by atoms with Gasteiger partial charge in [-0.2, -0.15) is 5.26 Å². The van der Waals surface area contributed by atoms with Gasteiger partial charge in [0.05, 0.1) is 0 Å². The van der Waals surface area contributed by atoms with Gasteiger partial charge in [-0.15, -0.1) is 0 Å². The highest BCUT2D eigenvalue weighted by Gasteiger charge is 2.28. The van der Waals surface area contributed by atoms with E-state index in [0.717, 1.165) is 23.8 Å². The van der Waals surface area contributed by atoms with Crippen molar-refractivity contribution < 1.29 is 4.79 Å². The number of nitrogens with one attached hydrogen (secondary N) is 1. The van der Waals surface area contributed by atoms with Crippen LogP contribution < -0.4 is 16.6 Å². The fraction of sp³-hybridized carbons (Fsp3) is 0.625. The molecule has 1 aromatic rings. The van der Waals surface area contributed by atoms with E-state index in [-0.39, 0.29) is 23.3 Å². The highest BCUT2D eigenvalue weighted by molar-refractivity contribution is 5.84. The third-order valence-corrected chi connectivity index (χ3v) is 4.59. The number of nitriles is 1. The van der Waals surface area contributed by atoms with Crippen LogP contribution in [0.2, 0.25) is 0 Å². The van der Waals surface area contributed by atoms with Crippen molar-refractivity contribution in [1.29, 1.82) is 5.26 Å². The Morgan fingerprint density at radius 3 is 2.54 bits per heavy atom. The Morgan fingerprint density at radius 1 is 1.29 bits per heavy atom. The molecule has 130 valence electrons. The largest absolute Gasteiger partial charge is 0.359 e.